The van der Waals surface area contributed by atoms with E-state index in [1.165, 1.54) is 6.33 Å². The first-order chi connectivity index (χ1) is 8.83. The molecule has 6 heteroatoms. The van der Waals surface area contributed by atoms with Crippen LogP contribution in [0.5, 0.6) is 0 Å². The largest absolute Gasteiger partial charge is 0.481 e. The highest BCUT2D eigenvalue weighted by atomic mass is 16.4. The Kier molecular flexibility index (Phi) is 3.59. The van der Waals surface area contributed by atoms with Crippen LogP contribution >= 0.6 is 0 Å². The van der Waals surface area contributed by atoms with Crippen molar-refractivity contribution in [2.45, 2.75) is 45.2 Å². The van der Waals surface area contributed by atoms with Gasteiger partial charge >= 0.3 is 5.97 Å². The summed E-state index contributed by atoms with van der Waals surface area (Å²) in [5.74, 6) is 0.567. The fourth-order valence-electron chi connectivity index (χ4n) is 2.04. The Hall–Kier alpha value is -1.85. The zero-order chi connectivity index (χ0) is 14.0. The van der Waals surface area contributed by atoms with Crippen molar-refractivity contribution in [1.82, 2.24) is 9.97 Å². The molecule has 1 aliphatic rings. The van der Waals surface area contributed by atoms with Crippen molar-refractivity contribution >= 4 is 17.6 Å². The first-order valence-corrected chi connectivity index (χ1v) is 6.43. The molecule has 0 radical (unpaired) electrons. The summed E-state index contributed by atoms with van der Waals surface area (Å²) in [5.41, 5.74) is -0.0590. The summed E-state index contributed by atoms with van der Waals surface area (Å²) >= 11 is 0. The fraction of sp³-hybridized carbons (Fsp3) is 0.615. The number of anilines is 2. The van der Waals surface area contributed by atoms with Crippen LogP contribution in [0.25, 0.3) is 0 Å². The molecule has 0 amide bonds. The Bertz CT molecular complexity index is 464. The normalized spacial score (nSPS) is 22.5. The molecule has 1 fully saturated rings. The minimum absolute atomic E-state index is 0.0590. The molecular weight excluding hydrogens is 244 g/mol. The van der Waals surface area contributed by atoms with Gasteiger partial charge in [0.15, 0.2) is 0 Å². The Morgan fingerprint density at radius 2 is 1.95 bits per heavy atom. The average molecular weight is 264 g/mol. The summed E-state index contributed by atoms with van der Waals surface area (Å²) in [6.07, 6.45) is 2.81. The van der Waals surface area contributed by atoms with Gasteiger partial charge < -0.3 is 15.7 Å². The quantitative estimate of drug-likeness (QED) is 0.770. The van der Waals surface area contributed by atoms with E-state index < -0.39 is 5.97 Å². The minimum Gasteiger partial charge on any atom is -0.481 e. The first kappa shape index (κ1) is 13.6. The van der Waals surface area contributed by atoms with Crippen molar-refractivity contribution in [3.8, 4) is 0 Å². The van der Waals surface area contributed by atoms with E-state index in [0.29, 0.717) is 12.8 Å². The summed E-state index contributed by atoms with van der Waals surface area (Å²) in [5, 5.41) is 15.3. The van der Waals surface area contributed by atoms with Crippen molar-refractivity contribution in [2.24, 2.45) is 5.92 Å². The molecule has 3 N–H and O–H groups in total. The highest BCUT2D eigenvalue weighted by Gasteiger charge is 2.34. The third kappa shape index (κ3) is 3.81. The lowest BCUT2D eigenvalue weighted by Crippen LogP contribution is -2.39. The average Bonchev–Trinajstić information content (AvgIpc) is 2.20. The van der Waals surface area contributed by atoms with Crippen LogP contribution in [0, 0.1) is 5.92 Å². The molecule has 0 bridgehead atoms. The fourth-order valence-corrected chi connectivity index (χ4v) is 2.04. The van der Waals surface area contributed by atoms with Crippen molar-refractivity contribution in [1.29, 1.82) is 0 Å². The van der Waals surface area contributed by atoms with Crippen molar-refractivity contribution in [3.63, 3.8) is 0 Å². The smallest absolute Gasteiger partial charge is 0.306 e. The molecule has 19 heavy (non-hydrogen) atoms. The third-order valence-electron chi connectivity index (χ3n) is 3.01. The van der Waals surface area contributed by atoms with Gasteiger partial charge in [-0.1, -0.05) is 0 Å². The number of carboxylic acid groups (broad SMARTS) is 1. The van der Waals surface area contributed by atoms with Crippen LogP contribution in [0.1, 0.15) is 33.6 Å². The Morgan fingerprint density at radius 3 is 2.53 bits per heavy atom. The van der Waals surface area contributed by atoms with Gasteiger partial charge in [-0.25, -0.2) is 9.97 Å². The number of aliphatic carboxylic acids is 1. The van der Waals surface area contributed by atoms with Gasteiger partial charge in [-0.15, -0.1) is 0 Å². The zero-order valence-electron chi connectivity index (χ0n) is 11.5. The van der Waals surface area contributed by atoms with Crippen LogP contribution in [-0.4, -0.2) is 32.6 Å². The van der Waals surface area contributed by atoms with E-state index in [-0.39, 0.29) is 17.5 Å². The number of carbonyl (C=O) groups is 1. The van der Waals surface area contributed by atoms with E-state index in [1.807, 2.05) is 6.07 Å². The molecule has 0 aromatic carbocycles. The Labute approximate surface area is 112 Å². The number of hydrogen-bond donors (Lipinski definition) is 3. The van der Waals surface area contributed by atoms with E-state index in [2.05, 4.69) is 41.4 Å². The lowest BCUT2D eigenvalue weighted by atomic mass is 9.80. The molecule has 1 heterocycles. The van der Waals surface area contributed by atoms with Gasteiger partial charge in [-0.3, -0.25) is 4.79 Å². The second kappa shape index (κ2) is 5.03. The molecule has 1 aliphatic carbocycles. The molecule has 104 valence electrons. The molecule has 1 aromatic heterocycles. The van der Waals surface area contributed by atoms with E-state index >= 15 is 0 Å². The molecule has 0 saturated heterocycles. The van der Waals surface area contributed by atoms with Crippen molar-refractivity contribution in [3.05, 3.63) is 12.4 Å². The lowest BCUT2D eigenvalue weighted by Gasteiger charge is -2.33. The molecule has 0 aliphatic heterocycles. The van der Waals surface area contributed by atoms with E-state index in [9.17, 15) is 4.79 Å². The number of nitrogens with one attached hydrogen (secondary N) is 2. The topological polar surface area (TPSA) is 87.1 Å². The van der Waals surface area contributed by atoms with E-state index in [4.69, 9.17) is 5.11 Å². The standard InChI is InChI=1S/C13H20N4O2/c1-13(2,3)17-11-6-10(14-7-15-11)16-9-4-8(5-9)12(18)19/h6-9H,4-5H2,1-3H3,(H,18,19)(H2,14,15,16,17). The van der Waals surface area contributed by atoms with Crippen LogP contribution in [0.15, 0.2) is 12.4 Å². The molecule has 1 aromatic rings. The molecule has 0 unspecified atom stereocenters. The Balaban J connectivity index is 1.92. The summed E-state index contributed by atoms with van der Waals surface area (Å²) in [6.45, 7) is 6.18. The minimum atomic E-state index is -0.712. The van der Waals surface area contributed by atoms with Crippen LogP contribution < -0.4 is 10.6 Å². The number of rotatable bonds is 4. The molecule has 6 nitrogen and oxygen atoms in total. The van der Waals surface area contributed by atoms with Gasteiger partial charge in [-0.05, 0) is 33.6 Å². The zero-order valence-corrected chi connectivity index (χ0v) is 11.5. The molecule has 0 spiro atoms. The molecular formula is C13H20N4O2. The van der Waals surface area contributed by atoms with Gasteiger partial charge in [0.25, 0.3) is 0 Å². The maximum atomic E-state index is 10.7. The summed E-state index contributed by atoms with van der Waals surface area (Å²) in [6, 6.07) is 2.04. The van der Waals surface area contributed by atoms with Gasteiger partial charge in [0, 0.05) is 17.6 Å². The van der Waals surface area contributed by atoms with Gasteiger partial charge in [0.2, 0.25) is 0 Å². The summed E-state index contributed by atoms with van der Waals surface area (Å²) in [7, 11) is 0. The summed E-state index contributed by atoms with van der Waals surface area (Å²) in [4.78, 5) is 19.0. The van der Waals surface area contributed by atoms with Crippen LogP contribution in [0.4, 0.5) is 11.6 Å². The molecule has 2 rings (SSSR count). The van der Waals surface area contributed by atoms with Gasteiger partial charge in [0.05, 0.1) is 5.92 Å². The van der Waals surface area contributed by atoms with Crippen LogP contribution in [0.3, 0.4) is 0 Å². The van der Waals surface area contributed by atoms with E-state index in [0.717, 1.165) is 11.6 Å². The highest BCUT2D eigenvalue weighted by molar-refractivity contribution is 5.71. The number of aromatic nitrogens is 2. The summed E-state index contributed by atoms with van der Waals surface area (Å²) < 4.78 is 0. The SMILES string of the molecule is CC(C)(C)Nc1cc(NC2CC(C(=O)O)C2)ncn1. The number of hydrogen-bond acceptors (Lipinski definition) is 5. The van der Waals surface area contributed by atoms with Gasteiger partial charge in [0.1, 0.15) is 18.0 Å². The van der Waals surface area contributed by atoms with Gasteiger partial charge in [-0.2, -0.15) is 0 Å². The maximum absolute atomic E-state index is 10.7. The molecule has 1 saturated carbocycles. The Morgan fingerprint density at radius 1 is 1.32 bits per heavy atom. The second-order valence-corrected chi connectivity index (χ2v) is 6.01. The second-order valence-electron chi connectivity index (χ2n) is 6.01. The van der Waals surface area contributed by atoms with E-state index in [1.54, 1.807) is 0 Å². The predicted octanol–water partition coefficient (Wildman–Crippen LogP) is 1.96. The highest BCUT2D eigenvalue weighted by Crippen LogP contribution is 2.30. The first-order valence-electron chi connectivity index (χ1n) is 6.43. The van der Waals surface area contributed by atoms with Crippen LogP contribution in [-0.2, 0) is 4.79 Å². The van der Waals surface area contributed by atoms with Crippen molar-refractivity contribution in [2.75, 3.05) is 10.6 Å². The third-order valence-corrected chi connectivity index (χ3v) is 3.01. The maximum Gasteiger partial charge on any atom is 0.306 e. The lowest BCUT2D eigenvalue weighted by molar-refractivity contribution is -0.144. The predicted molar refractivity (Wildman–Crippen MR) is 73.2 cm³/mol. The number of carboxylic acids is 1. The van der Waals surface area contributed by atoms with Crippen molar-refractivity contribution < 1.29 is 9.90 Å². The van der Waals surface area contributed by atoms with Crippen LogP contribution in [0.2, 0.25) is 0 Å². The molecule has 0 atom stereocenters. The monoisotopic (exact) mass is 264 g/mol. The number of nitrogens with zero attached hydrogens (tertiary/aromatic N) is 2.